The zero-order chi connectivity index (χ0) is 21.0. The third-order valence-electron chi connectivity index (χ3n) is 4.44. The molecule has 3 rings (SSSR count). The van der Waals surface area contributed by atoms with E-state index in [0.717, 1.165) is 35.9 Å². The first kappa shape index (κ1) is 21.1. The first-order valence-corrected chi connectivity index (χ1v) is 10.0. The molecule has 29 heavy (non-hydrogen) atoms. The molecule has 0 aliphatic heterocycles. The predicted molar refractivity (Wildman–Crippen MR) is 112 cm³/mol. The minimum atomic E-state index is -0.724. The zero-order valence-corrected chi connectivity index (χ0v) is 17.4. The summed E-state index contributed by atoms with van der Waals surface area (Å²) in [4.78, 5) is 20.9. The summed E-state index contributed by atoms with van der Waals surface area (Å²) in [6.45, 7) is 1.23. The van der Waals surface area contributed by atoms with Crippen molar-refractivity contribution >= 4 is 32.6 Å². The molecule has 0 unspecified atom stereocenters. The minimum absolute atomic E-state index is 0.0845. The van der Waals surface area contributed by atoms with Crippen molar-refractivity contribution in [3.8, 4) is 5.75 Å². The molecule has 0 spiro atoms. The van der Waals surface area contributed by atoms with Crippen LogP contribution in [0.2, 0.25) is 0 Å². The van der Waals surface area contributed by atoms with Crippen LogP contribution in [-0.2, 0) is 11.2 Å². The Balaban J connectivity index is 1.86. The molecule has 2 aromatic carbocycles. The van der Waals surface area contributed by atoms with Gasteiger partial charge < -0.3 is 9.64 Å². The van der Waals surface area contributed by atoms with Gasteiger partial charge in [-0.2, -0.15) is 0 Å². The summed E-state index contributed by atoms with van der Waals surface area (Å²) in [7, 11) is 5.50. The van der Waals surface area contributed by atoms with E-state index in [4.69, 9.17) is 4.74 Å². The Kier molecular flexibility index (Phi) is 6.76. The number of carbonyl (C=O) groups excluding carboxylic acids is 1. The van der Waals surface area contributed by atoms with Crippen molar-refractivity contribution in [1.29, 1.82) is 0 Å². The van der Waals surface area contributed by atoms with Gasteiger partial charge >= 0.3 is 0 Å². The van der Waals surface area contributed by atoms with E-state index in [0.29, 0.717) is 22.1 Å². The topological polar surface area (TPSA) is 45.7 Å². The summed E-state index contributed by atoms with van der Waals surface area (Å²) < 4.78 is 33.2. The largest absolute Gasteiger partial charge is 0.497 e. The van der Waals surface area contributed by atoms with Crippen LogP contribution in [0.3, 0.4) is 0 Å². The molecule has 0 N–H and O–H groups in total. The molecule has 0 saturated heterocycles. The number of fused-ring (bicyclic) bond motifs is 1. The SMILES string of the molecule is COc1ccc(CC(=O)N(CCCN(C)C)c2nc3c(F)cc(F)cc3s2)cc1. The van der Waals surface area contributed by atoms with E-state index in [1.807, 2.05) is 31.1 Å². The zero-order valence-electron chi connectivity index (χ0n) is 16.6. The summed E-state index contributed by atoms with van der Waals surface area (Å²) in [5.41, 5.74) is 0.924. The van der Waals surface area contributed by atoms with Gasteiger partial charge in [-0.25, -0.2) is 13.8 Å². The Morgan fingerprint density at radius 3 is 2.52 bits per heavy atom. The molecular weight excluding hydrogens is 396 g/mol. The molecule has 0 aliphatic rings. The number of anilines is 1. The van der Waals surface area contributed by atoms with Crippen LogP contribution in [0.25, 0.3) is 10.2 Å². The second kappa shape index (κ2) is 9.28. The number of thiazole rings is 1. The van der Waals surface area contributed by atoms with Crippen molar-refractivity contribution in [3.05, 3.63) is 53.6 Å². The first-order valence-electron chi connectivity index (χ1n) is 9.21. The van der Waals surface area contributed by atoms with E-state index in [2.05, 4.69) is 4.98 Å². The Hall–Kier alpha value is -2.58. The van der Waals surface area contributed by atoms with E-state index in [-0.39, 0.29) is 17.8 Å². The van der Waals surface area contributed by atoms with Crippen LogP contribution in [0, 0.1) is 11.6 Å². The number of nitrogens with zero attached hydrogens (tertiary/aromatic N) is 3. The van der Waals surface area contributed by atoms with Gasteiger partial charge in [-0.05, 0) is 50.8 Å². The third kappa shape index (κ3) is 5.27. The summed E-state index contributed by atoms with van der Waals surface area (Å²) in [5.74, 6) is -0.811. The molecule has 0 bridgehead atoms. The maximum absolute atomic E-state index is 14.1. The lowest BCUT2D eigenvalue weighted by molar-refractivity contribution is -0.118. The highest BCUT2D eigenvalue weighted by atomic mass is 32.1. The van der Waals surface area contributed by atoms with E-state index < -0.39 is 11.6 Å². The third-order valence-corrected chi connectivity index (χ3v) is 5.46. The van der Waals surface area contributed by atoms with Gasteiger partial charge in [0, 0.05) is 12.6 Å². The summed E-state index contributed by atoms with van der Waals surface area (Å²) in [5, 5.41) is 0.377. The molecule has 1 amide bonds. The fourth-order valence-electron chi connectivity index (χ4n) is 2.95. The van der Waals surface area contributed by atoms with Gasteiger partial charge in [0.1, 0.15) is 17.1 Å². The molecule has 0 radical (unpaired) electrons. The number of hydrogen-bond acceptors (Lipinski definition) is 5. The van der Waals surface area contributed by atoms with E-state index in [9.17, 15) is 13.6 Å². The second-order valence-corrected chi connectivity index (χ2v) is 7.97. The highest BCUT2D eigenvalue weighted by molar-refractivity contribution is 7.22. The Bertz CT molecular complexity index is 990. The van der Waals surface area contributed by atoms with Crippen molar-refractivity contribution < 1.29 is 18.3 Å². The molecule has 3 aromatic rings. The average molecular weight is 419 g/mol. The van der Waals surface area contributed by atoms with Gasteiger partial charge in [0.25, 0.3) is 0 Å². The van der Waals surface area contributed by atoms with Gasteiger partial charge in [-0.3, -0.25) is 9.69 Å². The van der Waals surface area contributed by atoms with Crippen molar-refractivity contribution in [2.24, 2.45) is 0 Å². The number of aromatic nitrogens is 1. The highest BCUT2D eigenvalue weighted by Gasteiger charge is 2.21. The van der Waals surface area contributed by atoms with Crippen LogP contribution >= 0.6 is 11.3 Å². The highest BCUT2D eigenvalue weighted by Crippen LogP contribution is 2.31. The second-order valence-electron chi connectivity index (χ2n) is 6.96. The Morgan fingerprint density at radius 1 is 1.14 bits per heavy atom. The lowest BCUT2D eigenvalue weighted by Gasteiger charge is -2.21. The quantitative estimate of drug-likeness (QED) is 0.551. The lowest BCUT2D eigenvalue weighted by Crippen LogP contribution is -2.34. The Labute approximate surface area is 172 Å². The number of carbonyl (C=O) groups is 1. The average Bonchev–Trinajstić information content (AvgIpc) is 3.09. The van der Waals surface area contributed by atoms with Crippen LogP contribution in [-0.4, -0.2) is 50.1 Å². The lowest BCUT2D eigenvalue weighted by atomic mass is 10.1. The molecule has 1 heterocycles. The van der Waals surface area contributed by atoms with E-state index in [1.54, 1.807) is 24.1 Å². The molecule has 8 heteroatoms. The number of hydrogen-bond donors (Lipinski definition) is 0. The van der Waals surface area contributed by atoms with Crippen LogP contribution in [0.1, 0.15) is 12.0 Å². The molecule has 0 aliphatic carbocycles. The molecule has 0 fully saturated rings. The molecule has 5 nitrogen and oxygen atoms in total. The maximum Gasteiger partial charge on any atom is 0.233 e. The predicted octanol–water partition coefficient (Wildman–Crippen LogP) is 4.11. The molecule has 1 aromatic heterocycles. The van der Waals surface area contributed by atoms with Crippen LogP contribution in [0.15, 0.2) is 36.4 Å². The van der Waals surface area contributed by atoms with Gasteiger partial charge in [0.15, 0.2) is 10.9 Å². The molecule has 0 atom stereocenters. The van der Waals surface area contributed by atoms with Gasteiger partial charge in [0.2, 0.25) is 5.91 Å². The van der Waals surface area contributed by atoms with Crippen molar-refractivity contribution in [3.63, 3.8) is 0 Å². The van der Waals surface area contributed by atoms with Crippen molar-refractivity contribution in [2.75, 3.05) is 39.2 Å². The summed E-state index contributed by atoms with van der Waals surface area (Å²) in [6.07, 6.45) is 0.910. The molecular formula is C21H23F2N3O2S. The van der Waals surface area contributed by atoms with Crippen LogP contribution in [0.4, 0.5) is 13.9 Å². The standard InChI is InChI=1S/C21H23F2N3O2S/c1-25(2)9-4-10-26(19(27)11-14-5-7-16(28-3)8-6-14)21-24-20-17(23)12-15(22)13-18(20)29-21/h5-8,12-13H,4,9-11H2,1-3H3. The van der Waals surface area contributed by atoms with Gasteiger partial charge in [0.05, 0.1) is 18.2 Å². The maximum atomic E-state index is 14.1. The number of ether oxygens (including phenoxy) is 1. The normalized spacial score (nSPS) is 11.2. The van der Waals surface area contributed by atoms with Gasteiger partial charge in [-0.1, -0.05) is 23.5 Å². The monoisotopic (exact) mass is 419 g/mol. The summed E-state index contributed by atoms with van der Waals surface area (Å²) >= 11 is 1.12. The fraction of sp³-hybridized carbons (Fsp3) is 0.333. The number of methoxy groups -OCH3 is 1. The molecule has 0 saturated carbocycles. The number of rotatable bonds is 8. The smallest absolute Gasteiger partial charge is 0.233 e. The Morgan fingerprint density at radius 2 is 1.86 bits per heavy atom. The van der Waals surface area contributed by atoms with E-state index >= 15 is 0 Å². The van der Waals surface area contributed by atoms with Crippen LogP contribution < -0.4 is 9.64 Å². The van der Waals surface area contributed by atoms with Crippen molar-refractivity contribution in [2.45, 2.75) is 12.8 Å². The van der Waals surface area contributed by atoms with E-state index in [1.165, 1.54) is 6.07 Å². The number of halogens is 2. The van der Waals surface area contributed by atoms with Gasteiger partial charge in [-0.15, -0.1) is 0 Å². The van der Waals surface area contributed by atoms with Crippen molar-refractivity contribution in [1.82, 2.24) is 9.88 Å². The fourth-order valence-corrected chi connectivity index (χ4v) is 3.99. The first-order chi connectivity index (χ1) is 13.9. The van der Waals surface area contributed by atoms with Crippen LogP contribution in [0.5, 0.6) is 5.75 Å². The number of amides is 1. The summed E-state index contributed by atoms with van der Waals surface area (Å²) in [6, 6.07) is 9.32. The molecule has 154 valence electrons. The number of benzene rings is 2. The minimum Gasteiger partial charge on any atom is -0.497 e.